The van der Waals surface area contributed by atoms with Crippen molar-refractivity contribution in [3.63, 3.8) is 0 Å². The Morgan fingerprint density at radius 3 is 2.47 bits per heavy atom. The molecule has 2 aromatic carbocycles. The van der Waals surface area contributed by atoms with Crippen molar-refractivity contribution in [1.29, 1.82) is 0 Å². The number of halogens is 2. The molecule has 3 aromatic rings. The van der Waals surface area contributed by atoms with Crippen LogP contribution in [0.5, 0.6) is 0 Å². The van der Waals surface area contributed by atoms with Crippen molar-refractivity contribution in [3.05, 3.63) is 59.8 Å². The van der Waals surface area contributed by atoms with Crippen LogP contribution in [0.1, 0.15) is 31.2 Å². The highest BCUT2D eigenvalue weighted by Crippen LogP contribution is 2.53. The third kappa shape index (κ3) is 3.23. The number of benzene rings is 2. The van der Waals surface area contributed by atoms with E-state index in [0.717, 1.165) is 80.4 Å². The van der Waals surface area contributed by atoms with Gasteiger partial charge in [0.25, 0.3) is 0 Å². The molecule has 2 aliphatic heterocycles. The van der Waals surface area contributed by atoms with Crippen molar-refractivity contribution >= 4 is 17.3 Å². The SMILES string of the molecule is CN1CCN(c2cc(-c3ccnn3-c3ccc(F)cc3F)cc3c2NC(=O)C32CCCC2)CC1. The highest BCUT2D eigenvalue weighted by Gasteiger charge is 2.49. The van der Waals surface area contributed by atoms with Gasteiger partial charge in [-0.3, -0.25) is 4.79 Å². The minimum atomic E-state index is -0.672. The van der Waals surface area contributed by atoms with Crippen LogP contribution in [-0.4, -0.2) is 53.8 Å². The molecule has 176 valence electrons. The van der Waals surface area contributed by atoms with Gasteiger partial charge in [0.1, 0.15) is 11.5 Å². The summed E-state index contributed by atoms with van der Waals surface area (Å²) in [5.74, 6) is -1.21. The fourth-order valence-corrected chi connectivity index (χ4v) is 5.78. The Balaban J connectivity index is 1.53. The zero-order chi connectivity index (χ0) is 23.4. The maximum Gasteiger partial charge on any atom is 0.235 e. The van der Waals surface area contributed by atoms with Gasteiger partial charge in [0, 0.05) is 37.8 Å². The van der Waals surface area contributed by atoms with E-state index in [0.29, 0.717) is 5.69 Å². The monoisotopic (exact) mass is 463 g/mol. The van der Waals surface area contributed by atoms with Gasteiger partial charge in [-0.15, -0.1) is 0 Å². The molecule has 0 atom stereocenters. The largest absolute Gasteiger partial charge is 0.367 e. The highest BCUT2D eigenvalue weighted by atomic mass is 19.1. The third-order valence-corrected chi connectivity index (χ3v) is 7.68. The van der Waals surface area contributed by atoms with E-state index >= 15 is 0 Å². The summed E-state index contributed by atoms with van der Waals surface area (Å²) < 4.78 is 29.7. The standard InChI is InChI=1S/C26H27F2N5O/c1-31-10-12-32(13-11-31)23-15-17(14-19-24(23)30-25(34)26(19)7-2-3-8-26)21-6-9-29-33(21)22-5-4-18(27)16-20(22)28/h4-6,9,14-16H,2-3,7-8,10-13H2,1H3,(H,30,34). The van der Waals surface area contributed by atoms with Crippen LogP contribution in [0.25, 0.3) is 16.9 Å². The molecular formula is C26H27F2N5O. The normalized spacial score (nSPS) is 19.6. The van der Waals surface area contributed by atoms with E-state index in [1.165, 1.54) is 16.8 Å². The summed E-state index contributed by atoms with van der Waals surface area (Å²) in [5.41, 5.74) is 4.22. The lowest BCUT2D eigenvalue weighted by molar-refractivity contribution is -0.120. The lowest BCUT2D eigenvalue weighted by Crippen LogP contribution is -2.44. The lowest BCUT2D eigenvalue weighted by Gasteiger charge is -2.35. The Kier molecular flexibility index (Phi) is 4.95. The number of amides is 1. The minimum absolute atomic E-state index is 0.0885. The molecule has 0 unspecified atom stereocenters. The molecule has 1 spiro atoms. The maximum atomic E-state index is 14.7. The molecular weight excluding hydrogens is 436 g/mol. The molecule has 6 rings (SSSR count). The summed E-state index contributed by atoms with van der Waals surface area (Å²) in [6, 6.07) is 9.50. The quantitative estimate of drug-likeness (QED) is 0.628. The van der Waals surface area contributed by atoms with Crippen molar-refractivity contribution in [2.45, 2.75) is 31.1 Å². The number of nitrogens with zero attached hydrogens (tertiary/aromatic N) is 4. The van der Waals surface area contributed by atoms with Crippen molar-refractivity contribution in [2.75, 3.05) is 43.4 Å². The van der Waals surface area contributed by atoms with Crippen LogP contribution < -0.4 is 10.2 Å². The summed E-state index contributed by atoms with van der Waals surface area (Å²) in [7, 11) is 2.11. The molecule has 1 aromatic heterocycles. The van der Waals surface area contributed by atoms with E-state index in [4.69, 9.17) is 0 Å². The van der Waals surface area contributed by atoms with Gasteiger partial charge in [-0.05, 0) is 55.8 Å². The van der Waals surface area contributed by atoms with Crippen molar-refractivity contribution < 1.29 is 13.6 Å². The molecule has 1 amide bonds. The molecule has 6 nitrogen and oxygen atoms in total. The van der Waals surface area contributed by atoms with Gasteiger partial charge in [-0.1, -0.05) is 12.8 Å². The highest BCUT2D eigenvalue weighted by molar-refractivity contribution is 6.10. The van der Waals surface area contributed by atoms with Crippen LogP contribution in [0.3, 0.4) is 0 Å². The number of likely N-dealkylation sites (N-methyl/N-ethyl adjacent to an activating group) is 1. The number of carbonyl (C=O) groups is 1. The molecule has 3 heterocycles. The van der Waals surface area contributed by atoms with E-state index in [2.05, 4.69) is 39.4 Å². The number of aromatic nitrogens is 2. The Morgan fingerprint density at radius 1 is 0.971 bits per heavy atom. The predicted molar refractivity (Wildman–Crippen MR) is 127 cm³/mol. The predicted octanol–water partition coefficient (Wildman–Crippen LogP) is 4.33. The van der Waals surface area contributed by atoms with Crippen LogP contribution in [0.4, 0.5) is 20.2 Å². The second-order valence-electron chi connectivity index (χ2n) is 9.68. The van der Waals surface area contributed by atoms with Gasteiger partial charge in [-0.25, -0.2) is 13.5 Å². The van der Waals surface area contributed by atoms with Crippen LogP contribution in [0.2, 0.25) is 0 Å². The molecule has 1 N–H and O–H groups in total. The molecule has 0 radical (unpaired) electrons. The van der Waals surface area contributed by atoms with E-state index in [-0.39, 0.29) is 11.6 Å². The first-order chi connectivity index (χ1) is 16.5. The number of anilines is 2. The van der Waals surface area contributed by atoms with Gasteiger partial charge in [0.2, 0.25) is 5.91 Å². The zero-order valence-corrected chi connectivity index (χ0v) is 19.2. The third-order valence-electron chi connectivity index (χ3n) is 7.68. The van der Waals surface area contributed by atoms with Gasteiger partial charge in [0.15, 0.2) is 5.82 Å². The fraction of sp³-hybridized carbons (Fsp3) is 0.385. The first-order valence-corrected chi connectivity index (χ1v) is 11.9. The summed E-state index contributed by atoms with van der Waals surface area (Å²) >= 11 is 0. The number of fused-ring (bicyclic) bond motifs is 2. The van der Waals surface area contributed by atoms with Crippen molar-refractivity contribution in [1.82, 2.24) is 14.7 Å². The van der Waals surface area contributed by atoms with E-state index in [1.807, 2.05) is 6.07 Å². The number of hydrogen-bond acceptors (Lipinski definition) is 4. The molecule has 0 bridgehead atoms. The zero-order valence-electron chi connectivity index (χ0n) is 19.2. The molecule has 3 aliphatic rings. The van der Waals surface area contributed by atoms with E-state index in [1.54, 1.807) is 6.20 Å². The van der Waals surface area contributed by atoms with Gasteiger partial charge in [0.05, 0.1) is 28.7 Å². The van der Waals surface area contributed by atoms with Crippen molar-refractivity contribution in [3.8, 4) is 16.9 Å². The summed E-state index contributed by atoms with van der Waals surface area (Å²) in [6.07, 6.45) is 5.35. The van der Waals surface area contributed by atoms with Crippen LogP contribution >= 0.6 is 0 Å². The van der Waals surface area contributed by atoms with E-state index < -0.39 is 17.0 Å². The molecule has 2 fully saturated rings. The lowest BCUT2D eigenvalue weighted by atomic mass is 9.79. The van der Waals surface area contributed by atoms with Gasteiger partial charge >= 0.3 is 0 Å². The Labute approximate surface area is 197 Å². The summed E-state index contributed by atoms with van der Waals surface area (Å²) in [6.45, 7) is 3.61. The average molecular weight is 464 g/mol. The summed E-state index contributed by atoms with van der Waals surface area (Å²) in [4.78, 5) is 17.9. The second-order valence-corrected chi connectivity index (χ2v) is 9.68. The summed E-state index contributed by atoms with van der Waals surface area (Å²) in [5, 5.41) is 7.58. The molecule has 34 heavy (non-hydrogen) atoms. The van der Waals surface area contributed by atoms with Gasteiger partial charge < -0.3 is 15.1 Å². The average Bonchev–Trinajstić information content (AvgIpc) is 3.55. The number of hydrogen-bond donors (Lipinski definition) is 1. The number of piperazine rings is 1. The van der Waals surface area contributed by atoms with Gasteiger partial charge in [-0.2, -0.15) is 5.10 Å². The number of rotatable bonds is 3. The van der Waals surface area contributed by atoms with Crippen molar-refractivity contribution in [2.24, 2.45) is 0 Å². The molecule has 8 heteroatoms. The van der Waals surface area contributed by atoms with Crippen LogP contribution in [-0.2, 0) is 10.2 Å². The number of nitrogens with one attached hydrogen (secondary N) is 1. The Morgan fingerprint density at radius 2 is 1.74 bits per heavy atom. The number of carbonyl (C=O) groups excluding carboxylic acids is 1. The topological polar surface area (TPSA) is 53.4 Å². The van der Waals surface area contributed by atoms with E-state index in [9.17, 15) is 13.6 Å². The maximum absolute atomic E-state index is 14.7. The Bertz CT molecular complexity index is 1270. The second kappa shape index (κ2) is 7.91. The van der Waals surface area contributed by atoms with Crippen LogP contribution in [0.15, 0.2) is 42.6 Å². The fourth-order valence-electron chi connectivity index (χ4n) is 5.78. The molecule has 1 saturated heterocycles. The van der Waals surface area contributed by atoms with Crippen LogP contribution in [0, 0.1) is 11.6 Å². The first-order valence-electron chi connectivity index (χ1n) is 11.9. The smallest absolute Gasteiger partial charge is 0.235 e. The Hall–Kier alpha value is -3.26. The minimum Gasteiger partial charge on any atom is -0.367 e. The molecule has 1 aliphatic carbocycles. The molecule has 1 saturated carbocycles. The first kappa shape index (κ1) is 21.3.